The van der Waals surface area contributed by atoms with Gasteiger partial charge in [0.25, 0.3) is 5.91 Å². The van der Waals surface area contributed by atoms with Crippen LogP contribution in [0.15, 0.2) is 47.5 Å². The highest BCUT2D eigenvalue weighted by atomic mass is 127. The first-order valence-corrected chi connectivity index (χ1v) is 10.5. The van der Waals surface area contributed by atoms with Crippen molar-refractivity contribution in [3.05, 3.63) is 65.2 Å². The molecule has 1 saturated heterocycles. The lowest BCUT2D eigenvalue weighted by molar-refractivity contribution is 0.0953. The predicted molar refractivity (Wildman–Crippen MR) is 135 cm³/mol. The molecule has 0 aliphatic carbocycles. The molecule has 1 heterocycles. The summed E-state index contributed by atoms with van der Waals surface area (Å²) in [6.07, 6.45) is 1.62. The van der Waals surface area contributed by atoms with Crippen molar-refractivity contribution in [2.75, 3.05) is 31.6 Å². The molecule has 0 spiro atoms. The number of amides is 1. The number of nitrogens with zero attached hydrogens (tertiary/aromatic N) is 2. The topological polar surface area (TPSA) is 68.8 Å². The molecule has 32 heavy (non-hydrogen) atoms. The van der Waals surface area contributed by atoms with E-state index >= 15 is 0 Å². The van der Waals surface area contributed by atoms with E-state index < -0.39 is 11.6 Å². The highest BCUT2D eigenvalue weighted by Crippen LogP contribution is 2.26. The smallest absolute Gasteiger partial charge is 0.251 e. The van der Waals surface area contributed by atoms with Crippen molar-refractivity contribution < 1.29 is 13.6 Å². The van der Waals surface area contributed by atoms with Crippen molar-refractivity contribution in [3.63, 3.8) is 0 Å². The van der Waals surface area contributed by atoms with Crippen LogP contribution in [0.2, 0.25) is 0 Å². The van der Waals surface area contributed by atoms with E-state index in [1.54, 1.807) is 18.0 Å². The second-order valence-electron chi connectivity index (χ2n) is 7.53. The van der Waals surface area contributed by atoms with Crippen molar-refractivity contribution in [3.8, 4) is 0 Å². The fourth-order valence-corrected chi connectivity index (χ4v) is 3.61. The number of rotatable bonds is 7. The number of guanidine groups is 1. The summed E-state index contributed by atoms with van der Waals surface area (Å²) in [6, 6.07) is 11.4. The van der Waals surface area contributed by atoms with Crippen LogP contribution in [0.5, 0.6) is 0 Å². The minimum absolute atomic E-state index is 0. The Hall–Kier alpha value is -2.43. The number of carbonyl (C=O) groups excluding carboxylic acids is 1. The van der Waals surface area contributed by atoms with E-state index in [2.05, 4.69) is 20.9 Å². The zero-order valence-electron chi connectivity index (χ0n) is 18.3. The Morgan fingerprint density at radius 1 is 1.16 bits per heavy atom. The first-order chi connectivity index (χ1) is 15.0. The van der Waals surface area contributed by atoms with Gasteiger partial charge in [0.2, 0.25) is 0 Å². The Morgan fingerprint density at radius 2 is 1.88 bits per heavy atom. The molecule has 1 unspecified atom stereocenters. The molecular weight excluding hydrogens is 527 g/mol. The SMILES string of the molecule is CCCNC(=O)c1cccc(CNC(=NC)NC2CCN(c3c(F)cccc3F)C2)c1.I. The summed E-state index contributed by atoms with van der Waals surface area (Å²) in [5, 5.41) is 9.42. The van der Waals surface area contributed by atoms with Crippen LogP contribution in [0, 0.1) is 11.6 Å². The predicted octanol–water partition coefficient (Wildman–Crippen LogP) is 3.67. The lowest BCUT2D eigenvalue weighted by Gasteiger charge is -2.21. The molecule has 6 nitrogen and oxygen atoms in total. The molecule has 0 saturated carbocycles. The van der Waals surface area contributed by atoms with Gasteiger partial charge in [-0.05, 0) is 42.7 Å². The van der Waals surface area contributed by atoms with Crippen molar-refractivity contribution in [1.82, 2.24) is 16.0 Å². The summed E-state index contributed by atoms with van der Waals surface area (Å²) < 4.78 is 28.1. The Labute approximate surface area is 204 Å². The molecule has 1 amide bonds. The van der Waals surface area contributed by atoms with Gasteiger partial charge in [0.1, 0.15) is 17.3 Å². The highest BCUT2D eigenvalue weighted by Gasteiger charge is 2.27. The van der Waals surface area contributed by atoms with Crippen LogP contribution in [0.25, 0.3) is 0 Å². The Bertz CT molecular complexity index is 920. The van der Waals surface area contributed by atoms with Gasteiger partial charge in [0, 0.05) is 44.8 Å². The highest BCUT2D eigenvalue weighted by molar-refractivity contribution is 14.0. The third kappa shape index (κ3) is 6.78. The molecule has 1 aliphatic rings. The molecule has 1 fully saturated rings. The molecule has 0 radical (unpaired) electrons. The first kappa shape index (κ1) is 25.8. The largest absolute Gasteiger partial charge is 0.365 e. The number of hydrogen-bond donors (Lipinski definition) is 3. The zero-order chi connectivity index (χ0) is 22.2. The lowest BCUT2D eigenvalue weighted by Crippen LogP contribution is -2.44. The third-order valence-electron chi connectivity index (χ3n) is 5.19. The average molecular weight is 557 g/mol. The molecule has 1 aliphatic heterocycles. The number of aliphatic imine (C=N–C) groups is 1. The van der Waals surface area contributed by atoms with Gasteiger partial charge in [0.05, 0.1) is 0 Å². The van der Waals surface area contributed by atoms with Gasteiger partial charge in [0.15, 0.2) is 5.96 Å². The summed E-state index contributed by atoms with van der Waals surface area (Å²) in [4.78, 5) is 18.1. The standard InChI is InChI=1S/C23H29F2N5O.HI/c1-3-11-27-22(31)17-7-4-6-16(13-17)14-28-23(26-2)29-18-10-12-30(15-18)21-19(24)8-5-9-20(21)25;/h4-9,13,18H,3,10-12,14-15H2,1-2H3,(H,27,31)(H2,26,28,29);1H. The molecule has 3 rings (SSSR count). The summed E-state index contributed by atoms with van der Waals surface area (Å²) in [5.41, 5.74) is 1.59. The number of anilines is 1. The molecular formula is C23H30F2IN5O. The second-order valence-corrected chi connectivity index (χ2v) is 7.53. The van der Waals surface area contributed by atoms with Crippen LogP contribution in [0.4, 0.5) is 14.5 Å². The summed E-state index contributed by atoms with van der Waals surface area (Å²) >= 11 is 0. The maximum Gasteiger partial charge on any atom is 0.251 e. The van der Waals surface area contributed by atoms with Crippen molar-refractivity contribution >= 4 is 41.5 Å². The van der Waals surface area contributed by atoms with E-state index in [-0.39, 0.29) is 41.6 Å². The van der Waals surface area contributed by atoms with E-state index in [0.717, 1.165) is 18.4 Å². The van der Waals surface area contributed by atoms with Crippen LogP contribution in [-0.2, 0) is 6.54 Å². The van der Waals surface area contributed by atoms with E-state index in [1.165, 1.54) is 18.2 Å². The molecule has 2 aromatic carbocycles. The number of para-hydroxylation sites is 1. The van der Waals surface area contributed by atoms with Crippen molar-refractivity contribution in [2.45, 2.75) is 32.4 Å². The van der Waals surface area contributed by atoms with Gasteiger partial charge in [-0.15, -0.1) is 24.0 Å². The van der Waals surface area contributed by atoms with E-state index in [1.807, 2.05) is 25.1 Å². The molecule has 0 aromatic heterocycles. The summed E-state index contributed by atoms with van der Waals surface area (Å²) in [5.74, 6) is -0.587. The Kier molecular flexibility index (Phi) is 10.1. The number of halogens is 3. The summed E-state index contributed by atoms with van der Waals surface area (Å²) in [6.45, 7) is 4.18. The van der Waals surface area contributed by atoms with Crippen LogP contribution >= 0.6 is 24.0 Å². The lowest BCUT2D eigenvalue weighted by atomic mass is 10.1. The Morgan fingerprint density at radius 3 is 2.56 bits per heavy atom. The zero-order valence-corrected chi connectivity index (χ0v) is 20.7. The minimum Gasteiger partial charge on any atom is -0.365 e. The average Bonchev–Trinajstić information content (AvgIpc) is 3.23. The van der Waals surface area contributed by atoms with Gasteiger partial charge in [-0.25, -0.2) is 8.78 Å². The maximum absolute atomic E-state index is 14.1. The van der Waals surface area contributed by atoms with Gasteiger partial charge >= 0.3 is 0 Å². The second kappa shape index (κ2) is 12.6. The van der Waals surface area contributed by atoms with Crippen molar-refractivity contribution in [2.24, 2.45) is 4.99 Å². The molecule has 1 atom stereocenters. The number of benzene rings is 2. The fraction of sp³-hybridized carbons (Fsp3) is 0.391. The van der Waals surface area contributed by atoms with Gasteiger partial charge in [-0.1, -0.05) is 25.1 Å². The van der Waals surface area contributed by atoms with Gasteiger partial charge in [-0.3, -0.25) is 9.79 Å². The van der Waals surface area contributed by atoms with Crippen LogP contribution in [-0.4, -0.2) is 44.6 Å². The minimum atomic E-state index is -0.550. The number of hydrogen-bond acceptors (Lipinski definition) is 3. The van der Waals surface area contributed by atoms with Crippen LogP contribution in [0.3, 0.4) is 0 Å². The normalized spacial score (nSPS) is 15.8. The van der Waals surface area contributed by atoms with Gasteiger partial charge < -0.3 is 20.9 Å². The molecule has 9 heteroatoms. The maximum atomic E-state index is 14.1. The first-order valence-electron chi connectivity index (χ1n) is 10.5. The Balaban J connectivity index is 0.00000363. The van der Waals surface area contributed by atoms with E-state index in [0.29, 0.717) is 37.7 Å². The third-order valence-corrected chi connectivity index (χ3v) is 5.19. The molecule has 2 aromatic rings. The van der Waals surface area contributed by atoms with Crippen LogP contribution < -0.4 is 20.9 Å². The number of nitrogens with one attached hydrogen (secondary N) is 3. The number of carbonyl (C=O) groups is 1. The quantitative estimate of drug-likeness (QED) is 0.276. The summed E-state index contributed by atoms with van der Waals surface area (Å²) in [7, 11) is 1.67. The fourth-order valence-electron chi connectivity index (χ4n) is 3.61. The van der Waals surface area contributed by atoms with Gasteiger partial charge in [-0.2, -0.15) is 0 Å². The van der Waals surface area contributed by atoms with Crippen molar-refractivity contribution in [1.29, 1.82) is 0 Å². The van der Waals surface area contributed by atoms with E-state index in [9.17, 15) is 13.6 Å². The monoisotopic (exact) mass is 557 g/mol. The molecule has 3 N–H and O–H groups in total. The van der Waals surface area contributed by atoms with E-state index in [4.69, 9.17) is 0 Å². The molecule has 0 bridgehead atoms. The van der Waals surface area contributed by atoms with Crippen LogP contribution in [0.1, 0.15) is 35.7 Å². The molecule has 174 valence electrons.